The van der Waals surface area contributed by atoms with Crippen molar-refractivity contribution in [3.8, 4) is 5.75 Å². The van der Waals surface area contributed by atoms with Gasteiger partial charge in [0, 0.05) is 15.6 Å². The summed E-state index contributed by atoms with van der Waals surface area (Å²) in [6.45, 7) is 5.72. The third-order valence-electron chi connectivity index (χ3n) is 6.56. The van der Waals surface area contributed by atoms with Gasteiger partial charge in [0.2, 0.25) is 0 Å². The average molecular weight is 747 g/mol. The Morgan fingerprint density at radius 3 is 2.61 bits per heavy atom. The zero-order chi connectivity index (χ0) is 29.3. The van der Waals surface area contributed by atoms with Crippen molar-refractivity contribution in [3.05, 3.63) is 128 Å². The van der Waals surface area contributed by atoms with E-state index in [1.54, 1.807) is 42.7 Å². The largest absolute Gasteiger partial charge is 0.487 e. The molecule has 5 rings (SSSR count). The molecule has 10 heteroatoms. The maximum atomic E-state index is 14.3. The molecule has 0 aliphatic carbocycles. The average Bonchev–Trinajstić information content (AvgIpc) is 3.23. The Labute approximate surface area is 262 Å². The van der Waals surface area contributed by atoms with Crippen LogP contribution in [0.4, 0.5) is 4.39 Å². The fraction of sp³-hybridized carbons (Fsp3) is 0.194. The number of carbonyl (C=O) groups excluding carboxylic acids is 1. The molecule has 1 aromatic heterocycles. The fourth-order valence-electron chi connectivity index (χ4n) is 4.60. The number of aryl methyl sites for hydroxylation is 1. The van der Waals surface area contributed by atoms with E-state index in [2.05, 4.69) is 43.5 Å². The minimum atomic E-state index is -0.688. The lowest BCUT2D eigenvalue weighted by atomic mass is 9.95. The molecule has 1 atom stereocenters. The summed E-state index contributed by atoms with van der Waals surface area (Å²) in [5, 5.41) is 0. The van der Waals surface area contributed by atoms with Crippen molar-refractivity contribution in [1.29, 1.82) is 0 Å². The highest BCUT2D eigenvalue weighted by Crippen LogP contribution is 2.33. The van der Waals surface area contributed by atoms with E-state index in [1.165, 1.54) is 17.4 Å². The van der Waals surface area contributed by atoms with Gasteiger partial charge in [0.15, 0.2) is 4.80 Å². The van der Waals surface area contributed by atoms with Crippen molar-refractivity contribution in [1.82, 2.24) is 4.57 Å². The lowest BCUT2D eigenvalue weighted by Gasteiger charge is -2.24. The number of ether oxygens (including phenoxy) is 2. The maximum absolute atomic E-state index is 14.3. The van der Waals surface area contributed by atoms with Gasteiger partial charge in [0.1, 0.15) is 18.2 Å². The van der Waals surface area contributed by atoms with Crippen LogP contribution in [0.3, 0.4) is 0 Å². The summed E-state index contributed by atoms with van der Waals surface area (Å²) in [4.78, 5) is 32.2. The van der Waals surface area contributed by atoms with Crippen LogP contribution >= 0.6 is 49.9 Å². The van der Waals surface area contributed by atoms with Crippen LogP contribution in [0.5, 0.6) is 5.75 Å². The molecule has 0 amide bonds. The van der Waals surface area contributed by atoms with Gasteiger partial charge in [0.05, 0.1) is 32.0 Å². The first kappa shape index (κ1) is 29.4. The van der Waals surface area contributed by atoms with Crippen molar-refractivity contribution in [2.45, 2.75) is 33.4 Å². The molecule has 0 saturated carbocycles. The summed E-state index contributed by atoms with van der Waals surface area (Å²) >= 11 is 6.93. The molecule has 6 nitrogen and oxygen atoms in total. The third kappa shape index (κ3) is 6.09. The Balaban J connectivity index is 1.65. The molecule has 1 aliphatic heterocycles. The molecule has 0 saturated heterocycles. The van der Waals surface area contributed by atoms with Crippen molar-refractivity contribution in [3.63, 3.8) is 0 Å². The number of hydrogen-bond acceptors (Lipinski definition) is 6. The van der Waals surface area contributed by atoms with Gasteiger partial charge in [-0.1, -0.05) is 75.3 Å². The topological polar surface area (TPSA) is 69.9 Å². The molecule has 210 valence electrons. The zero-order valence-electron chi connectivity index (χ0n) is 22.4. The molecule has 0 bridgehead atoms. The van der Waals surface area contributed by atoms with E-state index in [0.717, 1.165) is 19.2 Å². The van der Waals surface area contributed by atoms with Crippen LogP contribution in [0.15, 0.2) is 86.2 Å². The van der Waals surface area contributed by atoms with Crippen LogP contribution in [0.2, 0.25) is 0 Å². The number of benzene rings is 3. The van der Waals surface area contributed by atoms with Crippen molar-refractivity contribution in [2.75, 3.05) is 6.61 Å². The quantitative estimate of drug-likeness (QED) is 0.167. The highest BCUT2D eigenvalue weighted by Gasteiger charge is 2.33. The Bertz CT molecular complexity index is 1860. The normalized spacial score (nSPS) is 15.0. The van der Waals surface area contributed by atoms with Crippen LogP contribution in [-0.2, 0) is 16.1 Å². The number of thiazole rings is 1. The smallest absolute Gasteiger partial charge is 0.338 e. The van der Waals surface area contributed by atoms with Crippen LogP contribution in [-0.4, -0.2) is 17.1 Å². The summed E-state index contributed by atoms with van der Waals surface area (Å²) in [5.74, 6) is -0.321. The van der Waals surface area contributed by atoms with Crippen molar-refractivity contribution in [2.24, 2.45) is 4.99 Å². The van der Waals surface area contributed by atoms with Gasteiger partial charge >= 0.3 is 5.97 Å². The number of aromatic nitrogens is 1. The van der Waals surface area contributed by atoms with E-state index < -0.39 is 12.0 Å². The number of allylic oxidation sites excluding steroid dienone is 1. The number of halogens is 3. The SMILES string of the molecule is CCOC(=O)C1=C(C)N=c2s/c(=C\c3cc(Br)cc(I)c3OCc3ccccc3F)c(=O)n2[C@H]1c1ccc(C)cc1. The molecule has 0 fully saturated rings. The number of rotatable bonds is 7. The molecule has 0 spiro atoms. The Hall–Kier alpha value is -3.09. The first-order chi connectivity index (χ1) is 19.7. The molecule has 41 heavy (non-hydrogen) atoms. The molecular formula is C31H25BrFIN2O4S. The van der Waals surface area contributed by atoms with Gasteiger partial charge < -0.3 is 9.47 Å². The maximum Gasteiger partial charge on any atom is 0.338 e. The van der Waals surface area contributed by atoms with E-state index in [4.69, 9.17) is 9.47 Å². The molecule has 3 aromatic carbocycles. The van der Waals surface area contributed by atoms with Gasteiger partial charge in [-0.3, -0.25) is 9.36 Å². The van der Waals surface area contributed by atoms with E-state index >= 15 is 0 Å². The van der Waals surface area contributed by atoms with Crippen LogP contribution < -0.4 is 19.6 Å². The van der Waals surface area contributed by atoms with Crippen molar-refractivity contribution < 1.29 is 18.7 Å². The van der Waals surface area contributed by atoms with Crippen LogP contribution in [0, 0.1) is 16.3 Å². The Kier molecular flexibility index (Phi) is 8.91. The Morgan fingerprint density at radius 1 is 1.17 bits per heavy atom. The predicted molar refractivity (Wildman–Crippen MR) is 169 cm³/mol. The predicted octanol–water partition coefficient (Wildman–Crippen LogP) is 6.19. The molecule has 0 N–H and O–H groups in total. The Morgan fingerprint density at radius 2 is 1.90 bits per heavy atom. The second-order valence-electron chi connectivity index (χ2n) is 9.40. The molecule has 1 aliphatic rings. The minimum absolute atomic E-state index is 0.0297. The van der Waals surface area contributed by atoms with Gasteiger partial charge in [-0.25, -0.2) is 14.2 Å². The number of hydrogen-bond donors (Lipinski definition) is 0. The lowest BCUT2D eigenvalue weighted by molar-refractivity contribution is -0.139. The minimum Gasteiger partial charge on any atom is -0.487 e. The lowest BCUT2D eigenvalue weighted by Crippen LogP contribution is -2.39. The summed E-state index contributed by atoms with van der Waals surface area (Å²) in [6.07, 6.45) is 1.75. The van der Waals surface area contributed by atoms with Crippen molar-refractivity contribution >= 4 is 61.9 Å². The standard InChI is InChI=1S/C31H25BrFIN2O4S/c1-4-39-30(38)26-18(3)35-31-36(27(26)19-11-9-17(2)10-12-19)29(37)25(41-31)14-21-13-22(32)15-24(34)28(21)40-16-20-7-5-6-8-23(20)33/h5-15,27H,4,16H2,1-3H3/b25-14-/t27-/m0/s1. The number of nitrogens with zero attached hydrogens (tertiary/aromatic N) is 2. The van der Waals surface area contributed by atoms with E-state index in [-0.39, 0.29) is 24.6 Å². The third-order valence-corrected chi connectivity index (χ3v) is 8.81. The fourth-order valence-corrected chi connectivity index (χ4v) is 7.35. The molecule has 0 unspecified atom stereocenters. The van der Waals surface area contributed by atoms with Crippen LogP contribution in [0.1, 0.15) is 42.1 Å². The summed E-state index contributed by atoms with van der Waals surface area (Å²) in [6, 6.07) is 17.2. The molecule has 0 radical (unpaired) electrons. The zero-order valence-corrected chi connectivity index (χ0v) is 27.0. The van der Waals surface area contributed by atoms with E-state index in [9.17, 15) is 14.0 Å². The molecule has 2 heterocycles. The summed E-state index contributed by atoms with van der Waals surface area (Å²) < 4.78 is 29.3. The number of carbonyl (C=O) groups is 1. The second-order valence-corrected chi connectivity index (χ2v) is 12.5. The van der Waals surface area contributed by atoms with E-state index in [1.807, 2.05) is 43.3 Å². The first-order valence-corrected chi connectivity index (χ1v) is 15.5. The van der Waals surface area contributed by atoms with Gasteiger partial charge in [-0.05, 0) is 73.2 Å². The molecule has 4 aromatic rings. The van der Waals surface area contributed by atoms with E-state index in [0.29, 0.717) is 37.5 Å². The highest BCUT2D eigenvalue weighted by atomic mass is 127. The second kappa shape index (κ2) is 12.4. The van der Waals surface area contributed by atoms with Gasteiger partial charge in [0.25, 0.3) is 5.56 Å². The molecular weight excluding hydrogens is 722 g/mol. The number of esters is 1. The van der Waals surface area contributed by atoms with Gasteiger partial charge in [-0.15, -0.1) is 0 Å². The number of fused-ring (bicyclic) bond motifs is 1. The first-order valence-electron chi connectivity index (χ1n) is 12.8. The van der Waals surface area contributed by atoms with Crippen LogP contribution in [0.25, 0.3) is 6.08 Å². The highest BCUT2D eigenvalue weighted by molar-refractivity contribution is 14.1. The summed E-state index contributed by atoms with van der Waals surface area (Å²) in [5.41, 5.74) is 3.48. The summed E-state index contributed by atoms with van der Waals surface area (Å²) in [7, 11) is 0. The van der Waals surface area contributed by atoms with Gasteiger partial charge in [-0.2, -0.15) is 0 Å². The monoisotopic (exact) mass is 746 g/mol.